The molecule has 0 fully saturated rings. The van der Waals surface area contributed by atoms with Crippen molar-refractivity contribution in [1.82, 2.24) is 0 Å². The second-order valence-corrected chi connectivity index (χ2v) is 3.47. The fourth-order valence-electron chi connectivity index (χ4n) is 1.41. The van der Waals surface area contributed by atoms with E-state index in [9.17, 15) is 18.3 Å². The van der Waals surface area contributed by atoms with E-state index in [-0.39, 0.29) is 18.6 Å². The second-order valence-electron chi connectivity index (χ2n) is 3.47. The topological polar surface area (TPSA) is 49.7 Å². The second kappa shape index (κ2) is 5.88. The molecule has 0 bridgehead atoms. The van der Waals surface area contributed by atoms with E-state index in [1.807, 2.05) is 0 Å². The van der Waals surface area contributed by atoms with Crippen LogP contribution in [0.2, 0.25) is 0 Å². The number of halogens is 3. The molecule has 0 aliphatic carbocycles. The summed E-state index contributed by atoms with van der Waals surface area (Å²) < 4.78 is 40.1. The van der Waals surface area contributed by atoms with E-state index in [0.717, 1.165) is 6.07 Å². The number of rotatable bonds is 5. The molecule has 1 aromatic rings. The maximum absolute atomic E-state index is 12.1. The minimum Gasteiger partial charge on any atom is -0.405 e. The first-order chi connectivity index (χ1) is 7.94. The van der Waals surface area contributed by atoms with Gasteiger partial charge in [0.2, 0.25) is 0 Å². The van der Waals surface area contributed by atoms with Crippen LogP contribution in [-0.2, 0) is 0 Å². The Labute approximate surface area is 96.5 Å². The van der Waals surface area contributed by atoms with E-state index >= 15 is 0 Å². The maximum atomic E-state index is 12.1. The van der Waals surface area contributed by atoms with E-state index in [1.54, 1.807) is 0 Å². The highest BCUT2D eigenvalue weighted by Crippen LogP contribution is 2.31. The van der Waals surface area contributed by atoms with Crippen molar-refractivity contribution in [3.63, 3.8) is 0 Å². The lowest BCUT2D eigenvalue weighted by molar-refractivity contribution is -0.275. The molecule has 1 rings (SSSR count). The average molecular weight is 250 g/mol. The number of hydrogen-bond acceptors (Lipinski definition) is 3. The molecule has 1 unspecified atom stereocenters. The molecule has 0 amide bonds. The van der Waals surface area contributed by atoms with E-state index in [2.05, 4.69) is 4.74 Å². The fraction of sp³-hybridized carbons (Fsp3) is 0.455. The predicted molar refractivity (Wildman–Crippen MR) is 54.4 cm³/mol. The van der Waals surface area contributed by atoms with Crippen molar-refractivity contribution < 1.29 is 28.1 Å². The average Bonchev–Trinajstić information content (AvgIpc) is 2.24. The molecule has 0 radical (unpaired) electrons. The summed E-state index contributed by atoms with van der Waals surface area (Å²) in [6.45, 7) is -0.126. The van der Waals surface area contributed by atoms with Crippen LogP contribution in [0.1, 0.15) is 24.5 Å². The maximum Gasteiger partial charge on any atom is 0.573 e. The van der Waals surface area contributed by atoms with Crippen molar-refractivity contribution in [2.75, 3.05) is 6.61 Å². The molecule has 0 aliphatic rings. The van der Waals surface area contributed by atoms with Gasteiger partial charge in [-0.05, 0) is 18.9 Å². The van der Waals surface area contributed by atoms with Crippen molar-refractivity contribution in [1.29, 1.82) is 0 Å². The molecule has 0 saturated carbocycles. The zero-order valence-electron chi connectivity index (χ0n) is 8.94. The van der Waals surface area contributed by atoms with Crippen LogP contribution in [0, 0.1) is 0 Å². The molecule has 17 heavy (non-hydrogen) atoms. The van der Waals surface area contributed by atoms with Crippen molar-refractivity contribution in [3.8, 4) is 5.75 Å². The van der Waals surface area contributed by atoms with Gasteiger partial charge in [-0.2, -0.15) is 0 Å². The van der Waals surface area contributed by atoms with Gasteiger partial charge >= 0.3 is 6.36 Å². The summed E-state index contributed by atoms with van der Waals surface area (Å²) in [5.74, 6) is -0.412. The smallest absolute Gasteiger partial charge is 0.405 e. The van der Waals surface area contributed by atoms with Crippen molar-refractivity contribution in [2.45, 2.75) is 25.3 Å². The van der Waals surface area contributed by atoms with E-state index < -0.39 is 18.2 Å². The van der Waals surface area contributed by atoms with Crippen LogP contribution in [0.5, 0.6) is 5.75 Å². The Morgan fingerprint density at radius 3 is 2.47 bits per heavy atom. The number of ether oxygens (including phenoxy) is 1. The summed E-state index contributed by atoms with van der Waals surface area (Å²) in [5.41, 5.74) is 0.0678. The Morgan fingerprint density at radius 1 is 1.24 bits per heavy atom. The standard InChI is InChI=1S/C11H13F3O3/c12-11(13,14)17-10-6-2-1-4-8(10)9(16)5-3-7-15/h1-2,4,6,9,15-16H,3,5,7H2. The molecular formula is C11H13F3O3. The van der Waals surface area contributed by atoms with Crippen LogP contribution >= 0.6 is 0 Å². The minimum atomic E-state index is -4.78. The summed E-state index contributed by atoms with van der Waals surface area (Å²) >= 11 is 0. The fourth-order valence-corrected chi connectivity index (χ4v) is 1.41. The lowest BCUT2D eigenvalue weighted by Gasteiger charge is -2.16. The number of aliphatic hydroxyl groups excluding tert-OH is 2. The summed E-state index contributed by atoms with van der Waals surface area (Å²) in [6.07, 6.45) is -5.39. The first kappa shape index (κ1) is 13.8. The van der Waals surface area contributed by atoms with Crippen molar-refractivity contribution in [3.05, 3.63) is 29.8 Å². The largest absolute Gasteiger partial charge is 0.573 e. The van der Waals surface area contributed by atoms with Gasteiger partial charge in [0.25, 0.3) is 0 Å². The Hall–Kier alpha value is -1.27. The zero-order valence-corrected chi connectivity index (χ0v) is 8.94. The predicted octanol–water partition coefficient (Wildman–Crippen LogP) is 2.39. The number of hydrogen-bond donors (Lipinski definition) is 2. The number of alkyl halides is 3. The Kier molecular flexibility index (Phi) is 4.77. The molecular weight excluding hydrogens is 237 g/mol. The minimum absolute atomic E-state index is 0.0678. The number of aliphatic hydroxyl groups is 2. The zero-order chi connectivity index (χ0) is 12.9. The van der Waals surface area contributed by atoms with E-state index in [1.165, 1.54) is 18.2 Å². The third-order valence-electron chi connectivity index (χ3n) is 2.14. The van der Waals surface area contributed by atoms with E-state index in [0.29, 0.717) is 6.42 Å². The van der Waals surface area contributed by atoms with Gasteiger partial charge in [0.1, 0.15) is 5.75 Å². The van der Waals surface area contributed by atoms with E-state index in [4.69, 9.17) is 5.11 Å². The molecule has 0 heterocycles. The lowest BCUT2D eigenvalue weighted by Crippen LogP contribution is -2.18. The Morgan fingerprint density at radius 2 is 1.88 bits per heavy atom. The Balaban J connectivity index is 2.83. The first-order valence-electron chi connectivity index (χ1n) is 5.07. The third kappa shape index (κ3) is 4.62. The van der Waals surface area contributed by atoms with Crippen LogP contribution in [0.4, 0.5) is 13.2 Å². The van der Waals surface area contributed by atoms with Gasteiger partial charge in [-0.15, -0.1) is 13.2 Å². The van der Waals surface area contributed by atoms with Crippen molar-refractivity contribution >= 4 is 0 Å². The van der Waals surface area contributed by atoms with Gasteiger partial charge in [0.15, 0.2) is 0 Å². The van der Waals surface area contributed by atoms with Crippen LogP contribution in [-0.4, -0.2) is 23.2 Å². The highest BCUT2D eigenvalue weighted by atomic mass is 19.4. The van der Waals surface area contributed by atoms with Gasteiger partial charge < -0.3 is 14.9 Å². The number of para-hydroxylation sites is 1. The molecule has 0 saturated heterocycles. The third-order valence-corrected chi connectivity index (χ3v) is 2.14. The Bertz CT molecular complexity index is 352. The van der Waals surface area contributed by atoms with Crippen LogP contribution < -0.4 is 4.74 Å². The molecule has 0 aromatic heterocycles. The SMILES string of the molecule is OCCCC(O)c1ccccc1OC(F)(F)F. The summed E-state index contributed by atoms with van der Waals surface area (Å²) in [6, 6.07) is 5.41. The molecule has 1 aromatic carbocycles. The molecule has 96 valence electrons. The highest BCUT2D eigenvalue weighted by molar-refractivity contribution is 5.35. The molecule has 3 nitrogen and oxygen atoms in total. The molecule has 6 heteroatoms. The molecule has 2 N–H and O–H groups in total. The van der Waals surface area contributed by atoms with Gasteiger partial charge in [-0.1, -0.05) is 18.2 Å². The first-order valence-corrected chi connectivity index (χ1v) is 5.07. The van der Waals surface area contributed by atoms with Gasteiger partial charge in [0.05, 0.1) is 6.10 Å². The normalized spacial score (nSPS) is 13.5. The number of benzene rings is 1. The van der Waals surface area contributed by atoms with Gasteiger partial charge in [0, 0.05) is 12.2 Å². The highest BCUT2D eigenvalue weighted by Gasteiger charge is 2.32. The van der Waals surface area contributed by atoms with Crippen LogP contribution in [0.3, 0.4) is 0 Å². The van der Waals surface area contributed by atoms with Crippen molar-refractivity contribution in [2.24, 2.45) is 0 Å². The van der Waals surface area contributed by atoms with Gasteiger partial charge in [-0.25, -0.2) is 0 Å². The van der Waals surface area contributed by atoms with Crippen LogP contribution in [0.15, 0.2) is 24.3 Å². The molecule has 1 atom stereocenters. The summed E-state index contributed by atoms with van der Waals surface area (Å²) in [4.78, 5) is 0. The lowest BCUT2D eigenvalue weighted by atomic mass is 10.0. The summed E-state index contributed by atoms with van der Waals surface area (Å²) in [5, 5.41) is 18.3. The van der Waals surface area contributed by atoms with Crippen LogP contribution in [0.25, 0.3) is 0 Å². The monoisotopic (exact) mass is 250 g/mol. The molecule has 0 spiro atoms. The van der Waals surface area contributed by atoms with Gasteiger partial charge in [-0.3, -0.25) is 0 Å². The quantitative estimate of drug-likeness (QED) is 0.843. The summed E-state index contributed by atoms with van der Waals surface area (Å²) in [7, 11) is 0. The molecule has 0 aliphatic heterocycles.